The molecule has 1 aliphatic rings. The molecule has 0 saturated carbocycles. The van der Waals surface area contributed by atoms with Gasteiger partial charge in [-0.3, -0.25) is 9.78 Å². The molecule has 1 amide bonds. The topological polar surface area (TPSA) is 77.0 Å². The Hall–Kier alpha value is -2.96. The maximum absolute atomic E-state index is 12.9. The van der Waals surface area contributed by atoms with Gasteiger partial charge in [-0.25, -0.2) is 9.97 Å². The first-order valence-electron chi connectivity index (χ1n) is 9.38. The minimum absolute atomic E-state index is 0.0480. The molecule has 1 atom stereocenters. The third kappa shape index (κ3) is 3.63. The van der Waals surface area contributed by atoms with E-state index in [1.807, 2.05) is 42.4 Å². The molecule has 3 aromatic heterocycles. The monoisotopic (exact) mass is 365 g/mol. The quantitative estimate of drug-likeness (QED) is 0.695. The molecular weight excluding hydrogens is 342 g/mol. The lowest BCUT2D eigenvalue weighted by Crippen LogP contribution is -2.40. The molecule has 27 heavy (non-hydrogen) atoms. The predicted molar refractivity (Wildman–Crippen MR) is 99.3 cm³/mol. The van der Waals surface area contributed by atoms with E-state index in [9.17, 15) is 4.79 Å². The van der Waals surface area contributed by atoms with Gasteiger partial charge in [0.25, 0.3) is 5.91 Å². The van der Waals surface area contributed by atoms with Crippen LogP contribution in [0.15, 0.2) is 47.6 Å². The Kier molecular flexibility index (Phi) is 5.00. The van der Waals surface area contributed by atoms with Gasteiger partial charge in [0.1, 0.15) is 11.6 Å². The first-order chi connectivity index (χ1) is 13.3. The van der Waals surface area contributed by atoms with Crippen molar-refractivity contribution in [1.82, 2.24) is 24.4 Å². The van der Waals surface area contributed by atoms with Crippen molar-refractivity contribution in [3.05, 3.63) is 66.2 Å². The van der Waals surface area contributed by atoms with Crippen molar-refractivity contribution in [2.24, 2.45) is 0 Å². The van der Waals surface area contributed by atoms with E-state index in [1.54, 1.807) is 6.20 Å². The van der Waals surface area contributed by atoms with Crippen molar-refractivity contribution in [3.8, 4) is 0 Å². The Bertz CT molecular complexity index is 902. The minimum Gasteiger partial charge on any atom is -0.448 e. The molecule has 1 fully saturated rings. The van der Waals surface area contributed by atoms with Gasteiger partial charge in [-0.05, 0) is 25.0 Å². The van der Waals surface area contributed by atoms with E-state index >= 15 is 0 Å². The maximum atomic E-state index is 12.9. The summed E-state index contributed by atoms with van der Waals surface area (Å²) in [6, 6.07) is 5.91. The van der Waals surface area contributed by atoms with Gasteiger partial charge in [0, 0.05) is 44.0 Å². The summed E-state index contributed by atoms with van der Waals surface area (Å²) in [5.41, 5.74) is 1.44. The smallest absolute Gasteiger partial charge is 0.276 e. The van der Waals surface area contributed by atoms with E-state index in [4.69, 9.17) is 4.42 Å². The summed E-state index contributed by atoms with van der Waals surface area (Å²) in [6.45, 7) is 4.04. The van der Waals surface area contributed by atoms with Gasteiger partial charge < -0.3 is 13.9 Å². The number of oxazole rings is 1. The average molecular weight is 365 g/mol. The number of amides is 1. The number of aryl methyl sites for hydroxylation is 1. The van der Waals surface area contributed by atoms with Crippen LogP contribution in [0, 0.1) is 0 Å². The van der Waals surface area contributed by atoms with Gasteiger partial charge in [-0.2, -0.15) is 0 Å². The standard InChI is InChI=1S/C20H23N5O2/c1-2-17-18(23-14-27-17)20(26)25-10-5-6-15(12-25)19-22-9-11-24(19)13-16-7-3-4-8-21-16/h3-4,7-9,11,14-15H,2,5-6,10,12-13H2,1H3/t15-/m0/s1. The Morgan fingerprint density at radius 1 is 1.26 bits per heavy atom. The second kappa shape index (κ2) is 7.73. The summed E-state index contributed by atoms with van der Waals surface area (Å²) in [4.78, 5) is 27.9. The molecule has 140 valence electrons. The van der Waals surface area contributed by atoms with Crippen molar-refractivity contribution < 1.29 is 9.21 Å². The first-order valence-corrected chi connectivity index (χ1v) is 9.38. The summed E-state index contributed by atoms with van der Waals surface area (Å²) >= 11 is 0. The second-order valence-electron chi connectivity index (χ2n) is 6.80. The zero-order valence-corrected chi connectivity index (χ0v) is 15.4. The van der Waals surface area contributed by atoms with Crippen molar-refractivity contribution in [3.63, 3.8) is 0 Å². The van der Waals surface area contributed by atoms with Gasteiger partial charge in [0.15, 0.2) is 12.1 Å². The third-order valence-corrected chi connectivity index (χ3v) is 5.04. The molecule has 0 aliphatic carbocycles. The zero-order valence-electron chi connectivity index (χ0n) is 15.4. The lowest BCUT2D eigenvalue weighted by molar-refractivity contribution is 0.0696. The van der Waals surface area contributed by atoms with Crippen molar-refractivity contribution >= 4 is 5.91 Å². The second-order valence-corrected chi connectivity index (χ2v) is 6.80. The lowest BCUT2D eigenvalue weighted by Gasteiger charge is -2.32. The highest BCUT2D eigenvalue weighted by Gasteiger charge is 2.30. The SMILES string of the molecule is CCc1ocnc1C(=O)N1CCC[C@H](c2nccn2Cc2ccccn2)C1. The van der Waals surface area contributed by atoms with E-state index in [-0.39, 0.29) is 11.8 Å². The third-order valence-electron chi connectivity index (χ3n) is 5.04. The molecular formula is C20H23N5O2. The van der Waals surface area contributed by atoms with E-state index in [2.05, 4.69) is 19.5 Å². The molecule has 4 heterocycles. The Morgan fingerprint density at radius 2 is 2.19 bits per heavy atom. The van der Waals surface area contributed by atoms with Gasteiger partial charge in [-0.15, -0.1) is 0 Å². The molecule has 7 nitrogen and oxygen atoms in total. The fourth-order valence-corrected chi connectivity index (χ4v) is 3.70. The highest BCUT2D eigenvalue weighted by molar-refractivity contribution is 5.93. The summed E-state index contributed by atoms with van der Waals surface area (Å²) in [5.74, 6) is 1.82. The Balaban J connectivity index is 1.51. The fraction of sp³-hybridized carbons (Fsp3) is 0.400. The van der Waals surface area contributed by atoms with Crippen LogP contribution in [-0.2, 0) is 13.0 Å². The van der Waals surface area contributed by atoms with Crippen LogP contribution >= 0.6 is 0 Å². The van der Waals surface area contributed by atoms with Crippen LogP contribution in [0.5, 0.6) is 0 Å². The van der Waals surface area contributed by atoms with Crippen LogP contribution in [0.1, 0.15) is 53.5 Å². The average Bonchev–Trinajstić information content (AvgIpc) is 3.37. The molecule has 0 aromatic carbocycles. The molecule has 1 aliphatic heterocycles. The number of hydrogen-bond donors (Lipinski definition) is 0. The van der Waals surface area contributed by atoms with Crippen molar-refractivity contribution in [2.45, 2.75) is 38.6 Å². The molecule has 0 radical (unpaired) electrons. The summed E-state index contributed by atoms with van der Waals surface area (Å²) in [6.07, 6.45) is 9.59. The number of piperidine rings is 1. The first kappa shape index (κ1) is 17.5. The molecule has 0 N–H and O–H groups in total. The van der Waals surface area contributed by atoms with E-state index < -0.39 is 0 Å². The Morgan fingerprint density at radius 3 is 3.00 bits per heavy atom. The lowest BCUT2D eigenvalue weighted by atomic mass is 9.96. The fourth-order valence-electron chi connectivity index (χ4n) is 3.70. The van der Waals surface area contributed by atoms with E-state index in [1.165, 1.54) is 6.39 Å². The van der Waals surface area contributed by atoms with Crippen LogP contribution in [0.25, 0.3) is 0 Å². The normalized spacial score (nSPS) is 17.2. The molecule has 1 saturated heterocycles. The number of carbonyl (C=O) groups is 1. The molecule has 0 bridgehead atoms. The minimum atomic E-state index is -0.0480. The number of imidazole rings is 1. The number of nitrogens with zero attached hydrogens (tertiary/aromatic N) is 5. The van der Waals surface area contributed by atoms with Crippen LogP contribution in [0.3, 0.4) is 0 Å². The number of rotatable bonds is 5. The highest BCUT2D eigenvalue weighted by atomic mass is 16.3. The van der Waals surface area contributed by atoms with Crippen LogP contribution in [0.4, 0.5) is 0 Å². The highest BCUT2D eigenvalue weighted by Crippen LogP contribution is 2.27. The van der Waals surface area contributed by atoms with E-state index in [0.29, 0.717) is 31.0 Å². The molecule has 7 heteroatoms. The van der Waals surface area contributed by atoms with Gasteiger partial charge in [0.2, 0.25) is 0 Å². The summed E-state index contributed by atoms with van der Waals surface area (Å²) < 4.78 is 7.46. The molecule has 3 aromatic rings. The number of hydrogen-bond acceptors (Lipinski definition) is 5. The Labute approximate surface area is 158 Å². The van der Waals surface area contributed by atoms with Gasteiger partial charge in [-0.1, -0.05) is 13.0 Å². The summed E-state index contributed by atoms with van der Waals surface area (Å²) in [7, 11) is 0. The zero-order chi connectivity index (χ0) is 18.6. The van der Waals surface area contributed by atoms with Crippen LogP contribution < -0.4 is 0 Å². The largest absolute Gasteiger partial charge is 0.448 e. The van der Waals surface area contributed by atoms with Crippen molar-refractivity contribution in [1.29, 1.82) is 0 Å². The van der Waals surface area contributed by atoms with E-state index in [0.717, 1.165) is 30.9 Å². The summed E-state index contributed by atoms with van der Waals surface area (Å²) in [5, 5.41) is 0. The number of pyridine rings is 1. The number of aromatic nitrogens is 4. The van der Waals surface area contributed by atoms with Crippen LogP contribution in [-0.4, -0.2) is 43.4 Å². The van der Waals surface area contributed by atoms with Gasteiger partial charge in [0.05, 0.1) is 12.2 Å². The van der Waals surface area contributed by atoms with Crippen molar-refractivity contribution in [2.75, 3.05) is 13.1 Å². The van der Waals surface area contributed by atoms with Crippen LogP contribution in [0.2, 0.25) is 0 Å². The molecule has 0 unspecified atom stereocenters. The maximum Gasteiger partial charge on any atom is 0.276 e. The number of carbonyl (C=O) groups excluding carboxylic acids is 1. The number of likely N-dealkylation sites (tertiary alicyclic amines) is 1. The molecule has 0 spiro atoms. The molecule has 4 rings (SSSR count). The van der Waals surface area contributed by atoms with Gasteiger partial charge >= 0.3 is 0 Å². The predicted octanol–water partition coefficient (Wildman–Crippen LogP) is 2.90.